The fraction of sp³-hybridized carbons (Fsp3) is 0.700. The number of aliphatic carboxylic acids is 1. The quantitative estimate of drug-likeness (QED) is 0.685. The van der Waals surface area contributed by atoms with Crippen molar-refractivity contribution in [1.82, 2.24) is 9.80 Å². The highest BCUT2D eigenvalue weighted by Crippen LogP contribution is 2.25. The highest BCUT2D eigenvalue weighted by molar-refractivity contribution is 5.83. The Morgan fingerprint density at radius 1 is 1.47 bits per heavy atom. The Hall–Kier alpha value is -1.79. The molecule has 0 aromatic carbocycles. The molecule has 0 aromatic rings. The Balaban J connectivity index is 2.65. The molecule has 96 valence electrons. The molecule has 1 aliphatic rings. The standard InChI is InChI=1S/C10H17N3O4/c1-6-7(9(15)16)3-4-13(6)10(17)12(2)5-8(11)14/h6-7H,3-5H2,1-2H3,(H2,11,14)(H,15,16). The SMILES string of the molecule is CC1C(C(=O)O)CCN1C(=O)N(C)CC(N)=O. The van der Waals surface area contributed by atoms with Gasteiger partial charge >= 0.3 is 12.0 Å². The molecule has 17 heavy (non-hydrogen) atoms. The first-order chi connectivity index (χ1) is 7.84. The molecule has 2 unspecified atom stereocenters. The molecule has 0 aliphatic carbocycles. The lowest BCUT2D eigenvalue weighted by atomic mass is 10.0. The number of hydrogen-bond donors (Lipinski definition) is 2. The molecule has 1 heterocycles. The summed E-state index contributed by atoms with van der Waals surface area (Å²) in [7, 11) is 1.47. The van der Waals surface area contributed by atoms with E-state index < -0.39 is 17.8 Å². The second-order valence-electron chi connectivity index (χ2n) is 4.27. The smallest absolute Gasteiger partial charge is 0.320 e. The van der Waals surface area contributed by atoms with Crippen LogP contribution in [0.1, 0.15) is 13.3 Å². The Morgan fingerprint density at radius 2 is 2.06 bits per heavy atom. The van der Waals surface area contributed by atoms with E-state index in [0.29, 0.717) is 13.0 Å². The third-order valence-corrected chi connectivity index (χ3v) is 3.04. The summed E-state index contributed by atoms with van der Waals surface area (Å²) in [6, 6.07) is -0.727. The van der Waals surface area contributed by atoms with Crippen LogP contribution < -0.4 is 5.73 Å². The number of carbonyl (C=O) groups excluding carboxylic acids is 2. The van der Waals surface area contributed by atoms with Crippen LogP contribution in [0.3, 0.4) is 0 Å². The lowest BCUT2D eigenvalue weighted by Crippen LogP contribution is -2.47. The largest absolute Gasteiger partial charge is 0.481 e. The molecule has 0 aromatic heterocycles. The van der Waals surface area contributed by atoms with Gasteiger partial charge in [0.05, 0.1) is 5.92 Å². The fourth-order valence-corrected chi connectivity index (χ4v) is 2.06. The number of hydrogen-bond acceptors (Lipinski definition) is 3. The summed E-state index contributed by atoms with van der Waals surface area (Å²) in [5.74, 6) is -2.03. The monoisotopic (exact) mass is 243 g/mol. The maximum Gasteiger partial charge on any atom is 0.320 e. The summed E-state index contributed by atoms with van der Waals surface area (Å²) in [6.45, 7) is 1.92. The number of amides is 3. The van der Waals surface area contributed by atoms with E-state index in [4.69, 9.17) is 10.8 Å². The molecule has 0 saturated carbocycles. The molecule has 7 nitrogen and oxygen atoms in total. The van der Waals surface area contributed by atoms with Crippen molar-refractivity contribution in [3.05, 3.63) is 0 Å². The number of primary amides is 1. The van der Waals surface area contributed by atoms with E-state index in [1.807, 2.05) is 0 Å². The Morgan fingerprint density at radius 3 is 2.47 bits per heavy atom. The molecule has 0 spiro atoms. The van der Waals surface area contributed by atoms with Crippen molar-refractivity contribution in [2.45, 2.75) is 19.4 Å². The molecule has 1 aliphatic heterocycles. The number of rotatable bonds is 3. The lowest BCUT2D eigenvalue weighted by Gasteiger charge is -2.28. The Labute approximate surface area is 99.2 Å². The van der Waals surface area contributed by atoms with Crippen LogP contribution in [0, 0.1) is 5.92 Å². The van der Waals surface area contributed by atoms with E-state index in [1.54, 1.807) is 6.92 Å². The van der Waals surface area contributed by atoms with Crippen molar-refractivity contribution in [2.24, 2.45) is 11.7 Å². The molecule has 7 heteroatoms. The number of likely N-dealkylation sites (N-methyl/N-ethyl adjacent to an activating group) is 1. The van der Waals surface area contributed by atoms with Gasteiger partial charge in [-0.05, 0) is 13.3 Å². The van der Waals surface area contributed by atoms with Gasteiger partial charge in [0.15, 0.2) is 0 Å². The van der Waals surface area contributed by atoms with Crippen molar-refractivity contribution < 1.29 is 19.5 Å². The van der Waals surface area contributed by atoms with Crippen molar-refractivity contribution in [2.75, 3.05) is 20.1 Å². The Bertz CT molecular complexity index is 344. The van der Waals surface area contributed by atoms with E-state index >= 15 is 0 Å². The minimum absolute atomic E-state index is 0.167. The summed E-state index contributed by atoms with van der Waals surface area (Å²) in [6.07, 6.45) is 0.437. The van der Waals surface area contributed by atoms with Crippen LogP contribution in [0.2, 0.25) is 0 Å². The predicted molar refractivity (Wildman–Crippen MR) is 59.1 cm³/mol. The first-order valence-corrected chi connectivity index (χ1v) is 5.37. The number of nitrogens with two attached hydrogens (primary N) is 1. The van der Waals surface area contributed by atoms with E-state index in [0.717, 1.165) is 0 Å². The van der Waals surface area contributed by atoms with Gasteiger partial charge in [-0.1, -0.05) is 0 Å². The van der Waals surface area contributed by atoms with Gasteiger partial charge in [0, 0.05) is 19.6 Å². The zero-order chi connectivity index (χ0) is 13.2. The van der Waals surface area contributed by atoms with Crippen molar-refractivity contribution >= 4 is 17.9 Å². The van der Waals surface area contributed by atoms with E-state index in [2.05, 4.69) is 0 Å². The minimum Gasteiger partial charge on any atom is -0.481 e. The van der Waals surface area contributed by atoms with Crippen LogP contribution in [-0.4, -0.2) is 59.0 Å². The van der Waals surface area contributed by atoms with Gasteiger partial charge in [-0.25, -0.2) is 4.79 Å². The Kier molecular flexibility index (Phi) is 3.93. The molecular formula is C10H17N3O4. The first kappa shape index (κ1) is 13.3. The van der Waals surface area contributed by atoms with Gasteiger partial charge in [0.25, 0.3) is 0 Å². The molecule has 1 fully saturated rings. The number of carbonyl (C=O) groups is 3. The van der Waals surface area contributed by atoms with Gasteiger partial charge in [-0.3, -0.25) is 9.59 Å². The summed E-state index contributed by atoms with van der Waals surface area (Å²) >= 11 is 0. The fourth-order valence-electron chi connectivity index (χ4n) is 2.06. The van der Waals surface area contributed by atoms with Gasteiger partial charge in [-0.2, -0.15) is 0 Å². The van der Waals surface area contributed by atoms with Gasteiger partial charge < -0.3 is 20.6 Å². The molecule has 1 rings (SSSR count). The maximum atomic E-state index is 11.9. The van der Waals surface area contributed by atoms with Gasteiger partial charge in [0.2, 0.25) is 5.91 Å². The normalized spacial score (nSPS) is 23.5. The maximum absolute atomic E-state index is 11.9. The van der Waals surface area contributed by atoms with Crippen molar-refractivity contribution in [3.63, 3.8) is 0 Å². The zero-order valence-corrected chi connectivity index (χ0v) is 9.92. The van der Waals surface area contributed by atoms with Crippen LogP contribution in [0.15, 0.2) is 0 Å². The first-order valence-electron chi connectivity index (χ1n) is 5.37. The van der Waals surface area contributed by atoms with E-state index in [-0.39, 0.29) is 18.6 Å². The topological polar surface area (TPSA) is 104 Å². The molecule has 3 N–H and O–H groups in total. The highest BCUT2D eigenvalue weighted by atomic mass is 16.4. The average molecular weight is 243 g/mol. The molecule has 1 saturated heterocycles. The number of carboxylic acids is 1. The summed E-state index contributed by atoms with van der Waals surface area (Å²) < 4.78 is 0. The molecular weight excluding hydrogens is 226 g/mol. The van der Waals surface area contributed by atoms with Gasteiger partial charge in [0.1, 0.15) is 6.54 Å². The molecule has 0 bridgehead atoms. The van der Waals surface area contributed by atoms with Gasteiger partial charge in [-0.15, -0.1) is 0 Å². The molecule has 0 radical (unpaired) electrons. The minimum atomic E-state index is -0.898. The van der Waals surface area contributed by atoms with Crippen molar-refractivity contribution in [1.29, 1.82) is 0 Å². The van der Waals surface area contributed by atoms with E-state index in [9.17, 15) is 14.4 Å². The third-order valence-electron chi connectivity index (χ3n) is 3.04. The second kappa shape index (κ2) is 5.03. The molecule has 3 amide bonds. The number of likely N-dealkylation sites (tertiary alicyclic amines) is 1. The summed E-state index contributed by atoms with van der Waals surface area (Å²) in [4.78, 5) is 36.2. The highest BCUT2D eigenvalue weighted by Gasteiger charge is 2.39. The number of carboxylic acid groups (broad SMARTS) is 1. The third kappa shape index (κ3) is 2.86. The van der Waals surface area contributed by atoms with Crippen molar-refractivity contribution in [3.8, 4) is 0 Å². The summed E-state index contributed by atoms with van der Waals surface area (Å²) in [5, 5.41) is 8.94. The second-order valence-corrected chi connectivity index (χ2v) is 4.27. The lowest BCUT2D eigenvalue weighted by molar-refractivity contribution is -0.142. The number of nitrogens with zero attached hydrogens (tertiary/aromatic N) is 2. The van der Waals surface area contributed by atoms with E-state index in [1.165, 1.54) is 16.8 Å². The predicted octanol–water partition coefficient (Wildman–Crippen LogP) is -0.681. The summed E-state index contributed by atoms with van der Waals surface area (Å²) in [5.41, 5.74) is 4.99. The van der Waals surface area contributed by atoms with Crippen LogP contribution in [0.5, 0.6) is 0 Å². The zero-order valence-electron chi connectivity index (χ0n) is 9.92. The molecule has 2 atom stereocenters. The average Bonchev–Trinajstić information content (AvgIpc) is 2.57. The van der Waals surface area contributed by atoms with Crippen LogP contribution in [0.25, 0.3) is 0 Å². The van der Waals surface area contributed by atoms with Crippen LogP contribution in [-0.2, 0) is 9.59 Å². The van der Waals surface area contributed by atoms with Crippen LogP contribution in [0.4, 0.5) is 4.79 Å². The van der Waals surface area contributed by atoms with Crippen LogP contribution >= 0.6 is 0 Å². The number of urea groups is 1.